The first-order valence-electron chi connectivity index (χ1n) is 6.37. The van der Waals surface area contributed by atoms with Crippen molar-refractivity contribution in [3.63, 3.8) is 0 Å². The van der Waals surface area contributed by atoms with Crippen molar-refractivity contribution in [2.75, 3.05) is 6.61 Å². The van der Waals surface area contributed by atoms with Crippen LogP contribution in [0, 0.1) is 0 Å². The van der Waals surface area contributed by atoms with Crippen molar-refractivity contribution in [3.05, 3.63) is 48.6 Å². The Balaban J connectivity index is 0.00000220. The van der Waals surface area contributed by atoms with E-state index in [1.165, 1.54) is 12.1 Å². The summed E-state index contributed by atoms with van der Waals surface area (Å²) in [7, 11) is 0. The molecule has 0 radical (unpaired) electrons. The van der Waals surface area contributed by atoms with Gasteiger partial charge in [0.25, 0.3) is 0 Å². The van der Waals surface area contributed by atoms with E-state index in [2.05, 4.69) is 6.58 Å². The second-order valence-corrected chi connectivity index (χ2v) is 4.90. The molecular formula is C15H15BF3KO. The van der Waals surface area contributed by atoms with Crippen LogP contribution in [0.2, 0.25) is 0 Å². The van der Waals surface area contributed by atoms with Crippen LogP contribution in [0.3, 0.4) is 0 Å². The Morgan fingerprint density at radius 3 is 2.33 bits per heavy atom. The summed E-state index contributed by atoms with van der Waals surface area (Å²) >= 11 is 0. The van der Waals surface area contributed by atoms with Gasteiger partial charge >= 0.3 is 58.4 Å². The SMILES string of the molecule is C=C(C)CCOc1ccc2cc([B-](F)(F)F)ccc2c1.[K+]. The maximum atomic E-state index is 12.7. The average molecular weight is 318 g/mol. The molecule has 0 saturated carbocycles. The number of hydrogen-bond acceptors (Lipinski definition) is 1. The van der Waals surface area contributed by atoms with Crippen LogP contribution in [0.5, 0.6) is 5.75 Å². The molecule has 0 fully saturated rings. The molecule has 0 unspecified atom stereocenters. The van der Waals surface area contributed by atoms with Gasteiger partial charge in [-0.3, -0.25) is 0 Å². The van der Waals surface area contributed by atoms with E-state index in [1.54, 1.807) is 18.2 Å². The largest absolute Gasteiger partial charge is 1.00 e. The summed E-state index contributed by atoms with van der Waals surface area (Å²) < 4.78 is 43.5. The third-order valence-electron chi connectivity index (χ3n) is 3.01. The van der Waals surface area contributed by atoms with Crippen molar-refractivity contribution in [1.82, 2.24) is 0 Å². The molecule has 0 amide bonds. The molecule has 0 atom stereocenters. The normalized spacial score (nSPS) is 11.0. The van der Waals surface area contributed by atoms with Gasteiger partial charge in [0.1, 0.15) is 5.75 Å². The maximum absolute atomic E-state index is 12.7. The summed E-state index contributed by atoms with van der Waals surface area (Å²) in [6.45, 7) is 1.27. The maximum Gasteiger partial charge on any atom is 1.00 e. The van der Waals surface area contributed by atoms with Crippen molar-refractivity contribution in [2.24, 2.45) is 0 Å². The van der Waals surface area contributed by atoms with Crippen molar-refractivity contribution < 1.29 is 69.1 Å². The molecule has 0 aliphatic rings. The Kier molecular flexibility index (Phi) is 7.00. The topological polar surface area (TPSA) is 9.23 Å². The molecule has 2 aromatic rings. The van der Waals surface area contributed by atoms with E-state index in [0.29, 0.717) is 17.7 Å². The van der Waals surface area contributed by atoms with Gasteiger partial charge in [-0.1, -0.05) is 29.8 Å². The number of halogens is 3. The summed E-state index contributed by atoms with van der Waals surface area (Å²) in [6.07, 6.45) is 0.758. The fourth-order valence-corrected chi connectivity index (χ4v) is 1.88. The molecule has 21 heavy (non-hydrogen) atoms. The van der Waals surface area contributed by atoms with Crippen LogP contribution in [0.1, 0.15) is 13.3 Å². The van der Waals surface area contributed by atoms with Crippen LogP contribution in [-0.2, 0) is 0 Å². The van der Waals surface area contributed by atoms with E-state index in [0.717, 1.165) is 23.4 Å². The van der Waals surface area contributed by atoms with Gasteiger partial charge in [-0.2, -0.15) is 0 Å². The number of hydrogen-bond donors (Lipinski definition) is 0. The molecule has 106 valence electrons. The number of rotatable bonds is 5. The molecule has 2 rings (SSSR count). The van der Waals surface area contributed by atoms with Crippen LogP contribution >= 0.6 is 0 Å². The number of fused-ring (bicyclic) bond motifs is 1. The van der Waals surface area contributed by atoms with Gasteiger partial charge in [0.05, 0.1) is 6.61 Å². The van der Waals surface area contributed by atoms with Crippen molar-refractivity contribution in [3.8, 4) is 5.75 Å². The van der Waals surface area contributed by atoms with Crippen molar-refractivity contribution in [2.45, 2.75) is 13.3 Å². The third-order valence-corrected chi connectivity index (χ3v) is 3.01. The van der Waals surface area contributed by atoms with E-state index in [4.69, 9.17) is 4.74 Å². The van der Waals surface area contributed by atoms with Gasteiger partial charge < -0.3 is 17.7 Å². The minimum atomic E-state index is -4.96. The number of benzene rings is 2. The second-order valence-electron chi connectivity index (χ2n) is 4.90. The van der Waals surface area contributed by atoms with Crippen LogP contribution in [0.4, 0.5) is 12.9 Å². The molecule has 0 aliphatic carbocycles. The zero-order valence-electron chi connectivity index (χ0n) is 12.2. The first-order chi connectivity index (χ1) is 9.36. The fourth-order valence-electron chi connectivity index (χ4n) is 1.88. The smallest absolute Gasteiger partial charge is 0.493 e. The molecule has 0 bridgehead atoms. The Bertz CT molecular complexity index is 640. The van der Waals surface area contributed by atoms with Gasteiger partial charge in [-0.25, -0.2) is 0 Å². The van der Waals surface area contributed by atoms with Crippen LogP contribution in [0.15, 0.2) is 48.6 Å². The number of ether oxygens (including phenoxy) is 1. The molecule has 0 N–H and O–H groups in total. The summed E-state index contributed by atoms with van der Waals surface area (Å²) in [5.41, 5.74) is 0.455. The van der Waals surface area contributed by atoms with Crippen molar-refractivity contribution >= 4 is 23.2 Å². The molecule has 0 aromatic heterocycles. The zero-order chi connectivity index (χ0) is 14.8. The van der Waals surface area contributed by atoms with Gasteiger partial charge in [-0.05, 0) is 29.8 Å². The predicted octanol–water partition coefficient (Wildman–Crippen LogP) is 1.24. The van der Waals surface area contributed by atoms with E-state index in [9.17, 15) is 12.9 Å². The van der Waals surface area contributed by atoms with Gasteiger partial charge in [0, 0.05) is 6.42 Å². The molecule has 0 spiro atoms. The van der Waals surface area contributed by atoms with Gasteiger partial charge in [0.2, 0.25) is 0 Å². The van der Waals surface area contributed by atoms with Crippen molar-refractivity contribution in [1.29, 1.82) is 0 Å². The molecule has 6 heteroatoms. The van der Waals surface area contributed by atoms with Crippen LogP contribution in [0.25, 0.3) is 10.8 Å². The Morgan fingerprint density at radius 2 is 1.71 bits per heavy atom. The molecule has 0 aliphatic heterocycles. The van der Waals surface area contributed by atoms with Gasteiger partial charge in [0.15, 0.2) is 0 Å². The second kappa shape index (κ2) is 7.83. The van der Waals surface area contributed by atoms with E-state index in [1.807, 2.05) is 6.92 Å². The predicted molar refractivity (Wildman–Crippen MR) is 77.6 cm³/mol. The fraction of sp³-hybridized carbons (Fsp3) is 0.200. The molecule has 1 nitrogen and oxygen atoms in total. The molecule has 2 aromatic carbocycles. The van der Waals surface area contributed by atoms with E-state index >= 15 is 0 Å². The molecule has 0 saturated heterocycles. The summed E-state index contributed by atoms with van der Waals surface area (Å²) in [5.74, 6) is 0.656. The Labute approximate surface area is 165 Å². The molecule has 0 heterocycles. The third kappa shape index (κ3) is 5.45. The van der Waals surface area contributed by atoms with Crippen LogP contribution < -0.4 is 61.6 Å². The average Bonchev–Trinajstić information content (AvgIpc) is 2.36. The standard InChI is InChI=1S/C15H15BF3O.K/c1-11(2)7-8-20-15-6-4-12-9-14(16(17,18)19)5-3-13(12)10-15;/h3-6,9-10H,1,7-8H2,2H3;/q-1;+1. The molecular weight excluding hydrogens is 303 g/mol. The minimum Gasteiger partial charge on any atom is -0.493 e. The minimum absolute atomic E-state index is 0. The first-order valence-corrected chi connectivity index (χ1v) is 6.37. The quantitative estimate of drug-likeness (QED) is 0.595. The summed E-state index contributed by atoms with van der Waals surface area (Å²) in [5, 5.41) is 1.30. The summed E-state index contributed by atoms with van der Waals surface area (Å²) in [4.78, 5) is 0. The first kappa shape index (κ1) is 18.8. The van der Waals surface area contributed by atoms with E-state index in [-0.39, 0.29) is 51.4 Å². The zero-order valence-corrected chi connectivity index (χ0v) is 15.3. The van der Waals surface area contributed by atoms with Crippen LogP contribution in [-0.4, -0.2) is 13.6 Å². The van der Waals surface area contributed by atoms with E-state index < -0.39 is 12.4 Å². The Morgan fingerprint density at radius 1 is 1.10 bits per heavy atom. The Hall–Kier alpha value is -0.269. The monoisotopic (exact) mass is 318 g/mol. The summed E-state index contributed by atoms with van der Waals surface area (Å²) in [6, 6.07) is 8.85. The van der Waals surface area contributed by atoms with Gasteiger partial charge in [-0.15, -0.1) is 12.0 Å².